The number of hydrogen-bond donors (Lipinski definition) is 2. The number of ether oxygens (including phenoxy) is 2. The number of fused-ring (bicyclic) bond motifs is 1. The minimum absolute atomic E-state index is 0.210. The van der Waals surface area contributed by atoms with Gasteiger partial charge in [0.25, 0.3) is 0 Å². The molecule has 2 aliphatic rings. The smallest absolute Gasteiger partial charge is 0.348 e. The lowest BCUT2D eigenvalue weighted by molar-refractivity contribution is 0.0532. The molecule has 2 aromatic rings. The molecule has 0 aliphatic carbocycles. The van der Waals surface area contributed by atoms with Gasteiger partial charge in [-0.25, -0.2) is 9.59 Å². The number of nitrogens with zero attached hydrogens (tertiary/aromatic N) is 1. The number of hydrogen-bond acceptors (Lipinski definition) is 6. The van der Waals surface area contributed by atoms with E-state index in [1.807, 2.05) is 24.3 Å². The molecule has 7 nitrogen and oxygen atoms in total. The number of carbonyl (C=O) groups excluding carboxylic acids is 2. The van der Waals surface area contributed by atoms with Crippen molar-refractivity contribution in [3.8, 4) is 0 Å². The summed E-state index contributed by atoms with van der Waals surface area (Å²) in [5.41, 5.74) is 0.704. The topological polar surface area (TPSA) is 79.9 Å². The first-order chi connectivity index (χ1) is 14.6. The van der Waals surface area contributed by atoms with Crippen molar-refractivity contribution in [2.75, 3.05) is 44.8 Å². The van der Waals surface area contributed by atoms with Gasteiger partial charge >= 0.3 is 12.0 Å². The Balaban J connectivity index is 1.36. The van der Waals surface area contributed by atoms with Crippen LogP contribution >= 0.6 is 11.3 Å². The van der Waals surface area contributed by atoms with E-state index in [1.165, 1.54) is 24.2 Å². The maximum absolute atomic E-state index is 12.5. The molecule has 2 aliphatic heterocycles. The number of anilines is 1. The molecule has 2 atom stereocenters. The lowest BCUT2D eigenvalue weighted by Gasteiger charge is -2.31. The number of likely N-dealkylation sites (tertiary alicyclic amines) is 1. The van der Waals surface area contributed by atoms with E-state index in [2.05, 4.69) is 15.5 Å². The summed E-state index contributed by atoms with van der Waals surface area (Å²) < 4.78 is 11.6. The van der Waals surface area contributed by atoms with Gasteiger partial charge in [-0.3, -0.25) is 4.90 Å². The highest BCUT2D eigenvalue weighted by molar-refractivity contribution is 7.20. The molecular formula is C22H29N3O4S. The average Bonchev–Trinajstić information content (AvgIpc) is 3.50. The summed E-state index contributed by atoms with van der Waals surface area (Å²) in [6, 6.07) is 7.59. The van der Waals surface area contributed by atoms with Gasteiger partial charge in [0.1, 0.15) is 4.88 Å². The van der Waals surface area contributed by atoms with Crippen molar-refractivity contribution in [1.82, 2.24) is 10.2 Å². The number of amides is 2. The first kappa shape index (κ1) is 21.1. The summed E-state index contributed by atoms with van der Waals surface area (Å²) in [5.74, 6) is 0.168. The Kier molecular flexibility index (Phi) is 6.86. The van der Waals surface area contributed by atoms with Crippen molar-refractivity contribution in [2.45, 2.75) is 32.2 Å². The van der Waals surface area contributed by atoms with Gasteiger partial charge in [-0.15, -0.1) is 11.3 Å². The number of nitrogens with one attached hydrogen (secondary N) is 2. The quantitative estimate of drug-likeness (QED) is 0.654. The summed E-state index contributed by atoms with van der Waals surface area (Å²) in [7, 11) is 0. The van der Waals surface area contributed by atoms with E-state index in [9.17, 15) is 9.59 Å². The van der Waals surface area contributed by atoms with Crippen LogP contribution in [0.3, 0.4) is 0 Å². The van der Waals surface area contributed by atoms with Crippen LogP contribution in [0.5, 0.6) is 0 Å². The van der Waals surface area contributed by atoms with Gasteiger partial charge in [-0.1, -0.05) is 0 Å². The molecule has 2 N–H and O–H groups in total. The second-order valence-electron chi connectivity index (χ2n) is 7.85. The second kappa shape index (κ2) is 9.76. The molecule has 8 heteroatoms. The van der Waals surface area contributed by atoms with Crippen molar-refractivity contribution < 1.29 is 19.1 Å². The van der Waals surface area contributed by atoms with Gasteiger partial charge in [0.15, 0.2) is 0 Å². The summed E-state index contributed by atoms with van der Waals surface area (Å²) in [4.78, 5) is 27.5. The number of rotatable bonds is 7. The Bertz CT molecular complexity index is 872. The summed E-state index contributed by atoms with van der Waals surface area (Å²) in [5, 5.41) is 6.89. The molecule has 1 aromatic heterocycles. The molecule has 0 unspecified atom stereocenters. The van der Waals surface area contributed by atoms with E-state index in [0.29, 0.717) is 35.7 Å². The number of carbonyl (C=O) groups is 2. The van der Waals surface area contributed by atoms with Gasteiger partial charge in [-0.05, 0) is 68.9 Å². The van der Waals surface area contributed by atoms with Crippen molar-refractivity contribution >= 4 is 39.1 Å². The molecule has 0 spiro atoms. The minimum Gasteiger partial charge on any atom is -0.462 e. The van der Waals surface area contributed by atoms with Crippen molar-refractivity contribution in [3.63, 3.8) is 0 Å². The normalized spacial score (nSPS) is 20.4. The minimum atomic E-state index is -0.310. The zero-order valence-electron chi connectivity index (χ0n) is 17.3. The lowest BCUT2D eigenvalue weighted by atomic mass is 9.97. The lowest BCUT2D eigenvalue weighted by Crippen LogP contribution is -2.48. The number of thiophene rings is 1. The third kappa shape index (κ3) is 4.94. The van der Waals surface area contributed by atoms with Crippen LogP contribution in [0.25, 0.3) is 10.1 Å². The van der Waals surface area contributed by atoms with Gasteiger partial charge in [0.05, 0.1) is 13.2 Å². The summed E-state index contributed by atoms with van der Waals surface area (Å²) in [6.45, 7) is 6.56. The fourth-order valence-electron chi connectivity index (χ4n) is 4.32. The SMILES string of the molecule is CCOC(=O)c1cc2cc(NC(=O)NC[C@@H]([C@@H]3CCOC3)N3CCCC3)ccc2s1. The third-order valence-corrected chi connectivity index (χ3v) is 6.94. The van der Waals surface area contributed by atoms with Crippen molar-refractivity contribution in [3.05, 3.63) is 29.1 Å². The largest absolute Gasteiger partial charge is 0.462 e. The van der Waals surface area contributed by atoms with Crippen LogP contribution in [0.1, 0.15) is 35.9 Å². The molecule has 0 bridgehead atoms. The van der Waals surface area contributed by atoms with Crippen LogP contribution in [0.15, 0.2) is 24.3 Å². The van der Waals surface area contributed by atoms with E-state index >= 15 is 0 Å². The van der Waals surface area contributed by atoms with Gasteiger partial charge in [0.2, 0.25) is 0 Å². The standard InChI is InChI=1S/C22H29N3O4S/c1-2-29-21(26)20-12-16-11-17(5-6-19(16)30-20)24-22(27)23-13-18(15-7-10-28-14-15)25-8-3-4-9-25/h5-6,11-12,15,18H,2-4,7-10,13-14H2,1H3,(H2,23,24,27)/t15-,18+/m1/s1. The van der Waals surface area contributed by atoms with Crippen LogP contribution in [0, 0.1) is 5.92 Å². The average molecular weight is 432 g/mol. The zero-order chi connectivity index (χ0) is 20.9. The molecular weight excluding hydrogens is 402 g/mol. The predicted molar refractivity (Wildman–Crippen MR) is 118 cm³/mol. The van der Waals surface area contributed by atoms with Crippen LogP contribution in [0.2, 0.25) is 0 Å². The predicted octanol–water partition coefficient (Wildman–Crippen LogP) is 3.70. The Hall–Kier alpha value is -2.16. The molecule has 2 fully saturated rings. The molecule has 2 saturated heterocycles. The fraction of sp³-hybridized carbons (Fsp3) is 0.545. The van der Waals surface area contributed by atoms with E-state index < -0.39 is 0 Å². The Morgan fingerprint density at radius 2 is 2.13 bits per heavy atom. The van der Waals surface area contributed by atoms with Gasteiger partial charge in [-0.2, -0.15) is 0 Å². The van der Waals surface area contributed by atoms with Crippen molar-refractivity contribution in [2.24, 2.45) is 5.92 Å². The Labute approximate surface area is 180 Å². The highest BCUT2D eigenvalue weighted by Crippen LogP contribution is 2.29. The first-order valence-corrected chi connectivity index (χ1v) is 11.5. The van der Waals surface area contributed by atoms with Crippen LogP contribution in [-0.4, -0.2) is 62.4 Å². The number of benzene rings is 1. The Morgan fingerprint density at radius 3 is 2.87 bits per heavy atom. The highest BCUT2D eigenvalue weighted by Gasteiger charge is 2.32. The molecule has 4 rings (SSSR count). The van der Waals surface area contributed by atoms with E-state index in [4.69, 9.17) is 9.47 Å². The summed E-state index contributed by atoms with van der Waals surface area (Å²) in [6.07, 6.45) is 3.51. The van der Waals surface area contributed by atoms with E-state index in [1.54, 1.807) is 6.92 Å². The maximum atomic E-state index is 12.5. The van der Waals surface area contributed by atoms with Crippen LogP contribution < -0.4 is 10.6 Å². The maximum Gasteiger partial charge on any atom is 0.348 e. The fourth-order valence-corrected chi connectivity index (χ4v) is 5.26. The highest BCUT2D eigenvalue weighted by atomic mass is 32.1. The monoisotopic (exact) mass is 431 g/mol. The van der Waals surface area contributed by atoms with Gasteiger partial charge < -0.3 is 20.1 Å². The second-order valence-corrected chi connectivity index (χ2v) is 8.94. The van der Waals surface area contributed by atoms with Crippen LogP contribution in [0.4, 0.5) is 10.5 Å². The molecule has 0 saturated carbocycles. The molecule has 30 heavy (non-hydrogen) atoms. The number of esters is 1. The third-order valence-electron chi connectivity index (χ3n) is 5.84. The Morgan fingerprint density at radius 1 is 1.30 bits per heavy atom. The molecule has 3 heterocycles. The van der Waals surface area contributed by atoms with E-state index in [-0.39, 0.29) is 12.0 Å². The van der Waals surface area contributed by atoms with Crippen molar-refractivity contribution in [1.29, 1.82) is 0 Å². The van der Waals surface area contributed by atoms with E-state index in [0.717, 1.165) is 42.8 Å². The molecule has 1 aromatic carbocycles. The first-order valence-electron chi connectivity index (χ1n) is 10.7. The molecule has 2 amide bonds. The molecule has 0 radical (unpaired) electrons. The number of urea groups is 1. The summed E-state index contributed by atoms with van der Waals surface area (Å²) >= 11 is 1.40. The molecule has 162 valence electrons. The van der Waals surface area contributed by atoms with Gasteiger partial charge in [0, 0.05) is 35.5 Å². The zero-order valence-corrected chi connectivity index (χ0v) is 18.1. The van der Waals surface area contributed by atoms with Crippen LogP contribution in [-0.2, 0) is 9.47 Å².